The van der Waals surface area contributed by atoms with Crippen molar-refractivity contribution in [1.29, 1.82) is 0 Å². The highest BCUT2D eigenvalue weighted by molar-refractivity contribution is 6.01. The summed E-state index contributed by atoms with van der Waals surface area (Å²) in [6.07, 6.45) is 1.82. The van der Waals surface area contributed by atoms with Gasteiger partial charge in [0.25, 0.3) is 5.91 Å². The minimum absolute atomic E-state index is 0.244. The lowest BCUT2D eigenvalue weighted by molar-refractivity contribution is 0.0387. The van der Waals surface area contributed by atoms with Crippen molar-refractivity contribution >= 4 is 11.6 Å². The number of carbonyl (C=O) groups excluding carboxylic acids is 1. The summed E-state index contributed by atoms with van der Waals surface area (Å²) in [6, 6.07) is 19.2. The topological polar surface area (TPSA) is 55.0 Å². The molecule has 5 nitrogen and oxygen atoms in total. The van der Waals surface area contributed by atoms with E-state index in [1.165, 1.54) is 18.4 Å². The van der Waals surface area contributed by atoms with Gasteiger partial charge >= 0.3 is 0 Å². The molecule has 0 N–H and O–H groups in total. The first-order valence-corrected chi connectivity index (χ1v) is 9.04. The first kappa shape index (κ1) is 18.0. The van der Waals surface area contributed by atoms with Crippen molar-refractivity contribution in [2.75, 3.05) is 6.54 Å². The van der Waals surface area contributed by atoms with Crippen LogP contribution in [-0.4, -0.2) is 29.2 Å². The average molecular weight is 378 g/mol. The zero-order valence-electron chi connectivity index (χ0n) is 15.1. The van der Waals surface area contributed by atoms with Gasteiger partial charge < -0.3 is 14.2 Å². The summed E-state index contributed by atoms with van der Waals surface area (Å²) in [6.45, 7) is 0.664. The minimum atomic E-state index is -0.312. The number of carbonyl (C=O) groups is 1. The van der Waals surface area contributed by atoms with Crippen molar-refractivity contribution in [2.45, 2.75) is 19.1 Å². The van der Waals surface area contributed by atoms with Crippen molar-refractivity contribution in [3.63, 3.8) is 0 Å². The summed E-state index contributed by atoms with van der Waals surface area (Å²) in [5.74, 6) is -0.303. The highest BCUT2D eigenvalue weighted by atomic mass is 19.1. The first-order chi connectivity index (χ1) is 13.7. The number of nitrogens with zero attached hydrogens (tertiary/aromatic N) is 2. The molecule has 0 bridgehead atoms. The fourth-order valence-electron chi connectivity index (χ4n) is 3.16. The van der Waals surface area contributed by atoms with E-state index in [4.69, 9.17) is 9.25 Å². The predicted octanol–water partition coefficient (Wildman–Crippen LogP) is 4.25. The van der Waals surface area contributed by atoms with E-state index in [9.17, 15) is 9.18 Å². The van der Waals surface area contributed by atoms with E-state index in [2.05, 4.69) is 5.16 Å². The van der Waals surface area contributed by atoms with Crippen LogP contribution in [0.1, 0.15) is 28.1 Å². The Bertz CT molecular complexity index is 953. The summed E-state index contributed by atoms with van der Waals surface area (Å²) in [7, 11) is 0. The third kappa shape index (κ3) is 4.11. The van der Waals surface area contributed by atoms with E-state index < -0.39 is 0 Å². The van der Waals surface area contributed by atoms with Crippen LogP contribution in [0.3, 0.4) is 0 Å². The highest BCUT2D eigenvalue weighted by Crippen LogP contribution is 2.20. The second kappa shape index (κ2) is 8.08. The Morgan fingerprint density at radius 1 is 1.07 bits per heavy atom. The van der Waals surface area contributed by atoms with E-state index in [1.54, 1.807) is 29.2 Å². The highest BCUT2D eigenvalue weighted by Gasteiger charge is 2.28. The van der Waals surface area contributed by atoms with E-state index in [0.29, 0.717) is 19.5 Å². The van der Waals surface area contributed by atoms with E-state index in [-0.39, 0.29) is 23.6 Å². The maximum absolute atomic E-state index is 13.2. The molecular formula is C22H19FN2O3. The van der Waals surface area contributed by atoms with Gasteiger partial charge in [0.2, 0.25) is 0 Å². The average Bonchev–Trinajstić information content (AvgIpc) is 3.42. The van der Waals surface area contributed by atoms with Gasteiger partial charge in [0.1, 0.15) is 5.82 Å². The number of oxime groups is 1. The van der Waals surface area contributed by atoms with Crippen LogP contribution in [0.25, 0.3) is 0 Å². The third-order valence-corrected chi connectivity index (χ3v) is 4.57. The van der Waals surface area contributed by atoms with Crippen molar-refractivity contribution < 1.29 is 18.4 Å². The maximum Gasteiger partial charge on any atom is 0.289 e. The van der Waals surface area contributed by atoms with Gasteiger partial charge in [-0.3, -0.25) is 4.79 Å². The van der Waals surface area contributed by atoms with Gasteiger partial charge in [-0.15, -0.1) is 0 Å². The van der Waals surface area contributed by atoms with E-state index >= 15 is 0 Å². The standard InChI is InChI=1S/C22H19FN2O3/c23-18-10-8-16(9-11-18)14-25(22(26)21-7-4-12-27-21)15-19-13-20(24-28-19)17-5-2-1-3-6-17/h1-12,19H,13-15H2. The Balaban J connectivity index is 1.48. The monoisotopic (exact) mass is 378 g/mol. The van der Waals surface area contributed by atoms with Crippen LogP contribution >= 0.6 is 0 Å². The number of hydrogen-bond acceptors (Lipinski definition) is 4. The van der Waals surface area contributed by atoms with Gasteiger partial charge in [-0.25, -0.2) is 4.39 Å². The van der Waals surface area contributed by atoms with Crippen LogP contribution in [0.15, 0.2) is 82.6 Å². The van der Waals surface area contributed by atoms with Gasteiger partial charge in [-0.05, 0) is 35.4 Å². The normalized spacial score (nSPS) is 15.8. The van der Waals surface area contributed by atoms with Crippen LogP contribution in [0.4, 0.5) is 4.39 Å². The molecule has 0 saturated heterocycles. The lowest BCUT2D eigenvalue weighted by atomic mass is 10.0. The van der Waals surface area contributed by atoms with E-state index in [0.717, 1.165) is 16.8 Å². The van der Waals surface area contributed by atoms with Crippen molar-refractivity contribution in [3.8, 4) is 0 Å². The Hall–Kier alpha value is -3.41. The smallest absolute Gasteiger partial charge is 0.289 e. The molecule has 4 rings (SSSR count). The molecule has 0 radical (unpaired) electrons. The van der Waals surface area contributed by atoms with Gasteiger partial charge in [-0.1, -0.05) is 47.6 Å². The number of benzene rings is 2. The fraction of sp³-hybridized carbons (Fsp3) is 0.182. The number of hydrogen-bond donors (Lipinski definition) is 0. The number of amides is 1. The molecule has 3 aromatic rings. The number of halogens is 1. The van der Waals surface area contributed by atoms with Gasteiger partial charge in [0.15, 0.2) is 11.9 Å². The zero-order chi connectivity index (χ0) is 19.3. The molecule has 1 unspecified atom stereocenters. The summed E-state index contributed by atoms with van der Waals surface area (Å²) in [5, 5.41) is 4.19. The number of furan rings is 1. The van der Waals surface area contributed by atoms with Crippen LogP contribution in [0.2, 0.25) is 0 Å². The molecule has 1 aliphatic rings. The van der Waals surface area contributed by atoms with Crippen molar-refractivity contribution in [1.82, 2.24) is 4.90 Å². The van der Waals surface area contributed by atoms with Crippen LogP contribution in [0.5, 0.6) is 0 Å². The predicted molar refractivity (Wildman–Crippen MR) is 102 cm³/mol. The Kier molecular flexibility index (Phi) is 5.19. The molecule has 1 amide bonds. The van der Waals surface area contributed by atoms with Crippen LogP contribution in [-0.2, 0) is 11.4 Å². The molecule has 0 saturated carbocycles. The molecule has 142 valence electrons. The van der Waals surface area contributed by atoms with Crippen molar-refractivity contribution in [2.24, 2.45) is 5.16 Å². The number of rotatable bonds is 6. The summed E-state index contributed by atoms with van der Waals surface area (Å²) in [5.41, 5.74) is 2.69. The lowest BCUT2D eigenvalue weighted by Gasteiger charge is -2.24. The lowest BCUT2D eigenvalue weighted by Crippen LogP contribution is -2.37. The SMILES string of the molecule is O=C(c1ccco1)N(Cc1ccc(F)cc1)CC1CC(c2ccccc2)=NO1. The summed E-state index contributed by atoms with van der Waals surface area (Å²) >= 11 is 0. The van der Waals surface area contributed by atoms with Crippen molar-refractivity contribution in [3.05, 3.63) is 95.7 Å². The summed E-state index contributed by atoms with van der Waals surface area (Å²) in [4.78, 5) is 20.1. The van der Waals surface area contributed by atoms with Crippen LogP contribution < -0.4 is 0 Å². The fourth-order valence-corrected chi connectivity index (χ4v) is 3.16. The largest absolute Gasteiger partial charge is 0.459 e. The molecule has 0 aliphatic carbocycles. The Morgan fingerprint density at radius 2 is 1.86 bits per heavy atom. The molecule has 1 atom stereocenters. The molecule has 28 heavy (non-hydrogen) atoms. The Labute approximate surface area is 162 Å². The minimum Gasteiger partial charge on any atom is -0.459 e. The molecule has 1 aromatic heterocycles. The van der Waals surface area contributed by atoms with Crippen LogP contribution in [0, 0.1) is 5.82 Å². The molecule has 0 fully saturated rings. The quantitative estimate of drug-likeness (QED) is 0.644. The van der Waals surface area contributed by atoms with Gasteiger partial charge in [0, 0.05) is 13.0 Å². The molecule has 1 aliphatic heterocycles. The van der Waals surface area contributed by atoms with Gasteiger partial charge in [-0.2, -0.15) is 0 Å². The second-order valence-electron chi connectivity index (χ2n) is 6.62. The van der Waals surface area contributed by atoms with Gasteiger partial charge in [0.05, 0.1) is 18.5 Å². The maximum atomic E-state index is 13.2. The molecule has 2 aromatic carbocycles. The first-order valence-electron chi connectivity index (χ1n) is 9.04. The van der Waals surface area contributed by atoms with E-state index in [1.807, 2.05) is 30.3 Å². The third-order valence-electron chi connectivity index (χ3n) is 4.57. The zero-order valence-corrected chi connectivity index (χ0v) is 15.1. The molecule has 6 heteroatoms. The molecule has 2 heterocycles. The second-order valence-corrected chi connectivity index (χ2v) is 6.62. The Morgan fingerprint density at radius 3 is 2.57 bits per heavy atom. The molecule has 0 spiro atoms. The summed E-state index contributed by atoms with van der Waals surface area (Å²) < 4.78 is 18.5. The molecular weight excluding hydrogens is 359 g/mol.